The summed E-state index contributed by atoms with van der Waals surface area (Å²) in [4.78, 5) is 28.4. The van der Waals surface area contributed by atoms with Gasteiger partial charge in [-0.15, -0.1) is 0 Å². The number of esters is 1. The maximum atomic E-state index is 13.5. The zero-order valence-electron chi connectivity index (χ0n) is 24.2. The molecule has 6 nitrogen and oxygen atoms in total. The van der Waals surface area contributed by atoms with Crippen molar-refractivity contribution >= 4 is 23.6 Å². The maximum absolute atomic E-state index is 13.5. The molecule has 214 valence electrons. The van der Waals surface area contributed by atoms with Crippen LogP contribution in [0.4, 0.5) is 0 Å². The van der Waals surface area contributed by atoms with Gasteiger partial charge in [0.25, 0.3) is 5.91 Å². The van der Waals surface area contributed by atoms with E-state index in [4.69, 9.17) is 9.47 Å². The Kier molecular flexibility index (Phi) is 13.3. The van der Waals surface area contributed by atoms with Crippen molar-refractivity contribution in [2.24, 2.45) is 5.92 Å². The molecule has 0 radical (unpaired) electrons. The number of aryl methyl sites for hydroxylation is 1. The second kappa shape index (κ2) is 16.7. The van der Waals surface area contributed by atoms with Crippen LogP contribution < -0.4 is 5.32 Å². The summed E-state index contributed by atoms with van der Waals surface area (Å²) in [5, 5.41) is 2.94. The van der Waals surface area contributed by atoms with Crippen LogP contribution >= 0.6 is 11.8 Å². The van der Waals surface area contributed by atoms with Crippen molar-refractivity contribution in [1.29, 1.82) is 0 Å². The zero-order valence-corrected chi connectivity index (χ0v) is 25.0. The van der Waals surface area contributed by atoms with Crippen LogP contribution in [0.15, 0.2) is 42.5 Å². The lowest BCUT2D eigenvalue weighted by molar-refractivity contribution is -0.142. The first-order valence-corrected chi connectivity index (χ1v) is 15.6. The molecule has 0 bridgehead atoms. The van der Waals surface area contributed by atoms with Gasteiger partial charge >= 0.3 is 5.97 Å². The summed E-state index contributed by atoms with van der Waals surface area (Å²) in [6, 6.07) is 13.6. The first kappa shape index (κ1) is 31.2. The fourth-order valence-corrected chi connectivity index (χ4v) is 5.91. The summed E-state index contributed by atoms with van der Waals surface area (Å²) in [5.74, 6) is 0.899. The van der Waals surface area contributed by atoms with E-state index in [0.29, 0.717) is 18.6 Å². The second-order valence-electron chi connectivity index (χ2n) is 10.6. The Bertz CT molecular complexity index is 1050. The highest BCUT2D eigenvalue weighted by Gasteiger charge is 2.24. The van der Waals surface area contributed by atoms with Crippen LogP contribution in [0.1, 0.15) is 66.4 Å². The standard InChI is InChI=1S/C32H46N2O4S/c1-24-10-8-9-13-27(24)29-22-26(23-34(19-20-37-2)18-16-25-11-6-5-7-12-25)14-15-28(29)31(35)33-30(17-21-39-4)32(36)38-3/h8-10,13-15,22,25,30H,5-7,11-12,16-21,23H2,1-4H3,(H,33,35)/t30-/m0/s1. The average molecular weight is 555 g/mol. The number of amides is 1. The second-order valence-corrected chi connectivity index (χ2v) is 11.6. The van der Waals surface area contributed by atoms with E-state index in [2.05, 4.69) is 35.3 Å². The Labute approximate surface area is 239 Å². The Morgan fingerprint density at radius 2 is 1.82 bits per heavy atom. The van der Waals surface area contributed by atoms with E-state index in [0.717, 1.165) is 53.6 Å². The lowest BCUT2D eigenvalue weighted by Crippen LogP contribution is -2.42. The smallest absolute Gasteiger partial charge is 0.328 e. The van der Waals surface area contributed by atoms with Crippen LogP contribution in [0.5, 0.6) is 0 Å². The minimum absolute atomic E-state index is 0.259. The maximum Gasteiger partial charge on any atom is 0.328 e. The number of hydrogen-bond acceptors (Lipinski definition) is 6. The third kappa shape index (κ3) is 9.66. The Morgan fingerprint density at radius 1 is 1.05 bits per heavy atom. The Morgan fingerprint density at radius 3 is 2.51 bits per heavy atom. The third-order valence-electron chi connectivity index (χ3n) is 7.76. The number of carbonyl (C=O) groups excluding carboxylic acids is 2. The molecule has 2 aromatic carbocycles. The highest BCUT2D eigenvalue weighted by Crippen LogP contribution is 2.30. The number of nitrogens with zero attached hydrogens (tertiary/aromatic N) is 1. The molecule has 1 N–H and O–H groups in total. The molecule has 1 fully saturated rings. The van der Waals surface area contributed by atoms with E-state index in [-0.39, 0.29) is 5.91 Å². The van der Waals surface area contributed by atoms with Crippen molar-refractivity contribution in [2.45, 2.75) is 64.5 Å². The summed E-state index contributed by atoms with van der Waals surface area (Å²) >= 11 is 1.64. The highest BCUT2D eigenvalue weighted by molar-refractivity contribution is 7.98. The molecule has 7 heteroatoms. The minimum atomic E-state index is -0.677. The van der Waals surface area contributed by atoms with Crippen molar-refractivity contribution in [3.05, 3.63) is 59.2 Å². The van der Waals surface area contributed by atoms with Crippen LogP contribution in [0.3, 0.4) is 0 Å². The molecule has 1 aliphatic rings. The normalized spacial score (nSPS) is 14.8. The lowest BCUT2D eigenvalue weighted by atomic mass is 9.87. The number of thioether (sulfide) groups is 1. The third-order valence-corrected chi connectivity index (χ3v) is 8.41. The Hall–Kier alpha value is -2.35. The van der Waals surface area contributed by atoms with Gasteiger partial charge in [-0.3, -0.25) is 9.69 Å². The highest BCUT2D eigenvalue weighted by atomic mass is 32.2. The van der Waals surface area contributed by atoms with Gasteiger partial charge in [-0.05, 0) is 78.6 Å². The van der Waals surface area contributed by atoms with Crippen molar-refractivity contribution in [2.75, 3.05) is 45.9 Å². The number of rotatable bonds is 15. The predicted molar refractivity (Wildman–Crippen MR) is 161 cm³/mol. The van der Waals surface area contributed by atoms with Crippen LogP contribution in [0.25, 0.3) is 11.1 Å². The summed E-state index contributed by atoms with van der Waals surface area (Å²) in [7, 11) is 3.11. The van der Waals surface area contributed by atoms with Gasteiger partial charge in [-0.25, -0.2) is 4.79 Å². The molecule has 3 rings (SSSR count). The van der Waals surface area contributed by atoms with Gasteiger partial charge in [0, 0.05) is 25.8 Å². The zero-order chi connectivity index (χ0) is 28.0. The van der Waals surface area contributed by atoms with Gasteiger partial charge in [0.2, 0.25) is 0 Å². The molecule has 1 aliphatic carbocycles. The summed E-state index contributed by atoms with van der Waals surface area (Å²) in [6.07, 6.45) is 10.5. The summed E-state index contributed by atoms with van der Waals surface area (Å²) in [5.41, 5.74) is 4.74. The quantitative estimate of drug-likeness (QED) is 0.268. The van der Waals surface area contributed by atoms with Crippen molar-refractivity contribution < 1.29 is 19.1 Å². The molecule has 0 aliphatic heterocycles. The molecule has 1 atom stereocenters. The molecular formula is C32H46N2O4S. The predicted octanol–water partition coefficient (Wildman–Crippen LogP) is 6.11. The van der Waals surface area contributed by atoms with E-state index in [9.17, 15) is 9.59 Å². The molecule has 0 spiro atoms. The molecule has 1 amide bonds. The van der Waals surface area contributed by atoms with E-state index < -0.39 is 12.0 Å². The number of hydrogen-bond donors (Lipinski definition) is 1. The minimum Gasteiger partial charge on any atom is -0.467 e. The number of nitrogens with one attached hydrogen (secondary N) is 1. The first-order valence-electron chi connectivity index (χ1n) is 14.2. The van der Waals surface area contributed by atoms with Gasteiger partial charge in [0.15, 0.2) is 0 Å². The van der Waals surface area contributed by atoms with Gasteiger partial charge < -0.3 is 14.8 Å². The number of carbonyl (C=O) groups is 2. The molecule has 2 aromatic rings. The van der Waals surface area contributed by atoms with E-state index >= 15 is 0 Å². The average Bonchev–Trinajstić information content (AvgIpc) is 2.96. The lowest BCUT2D eigenvalue weighted by Gasteiger charge is -2.27. The molecule has 39 heavy (non-hydrogen) atoms. The Balaban J connectivity index is 1.86. The van der Waals surface area contributed by atoms with Crippen LogP contribution in [-0.2, 0) is 20.8 Å². The fourth-order valence-electron chi connectivity index (χ4n) is 5.44. The molecule has 0 aromatic heterocycles. The fraction of sp³-hybridized carbons (Fsp3) is 0.562. The van der Waals surface area contributed by atoms with Crippen LogP contribution in [0.2, 0.25) is 0 Å². The van der Waals surface area contributed by atoms with Crippen LogP contribution in [0, 0.1) is 12.8 Å². The summed E-state index contributed by atoms with van der Waals surface area (Å²) in [6.45, 7) is 5.48. The molecule has 0 unspecified atom stereocenters. The van der Waals surface area contributed by atoms with Gasteiger partial charge in [0.05, 0.1) is 13.7 Å². The van der Waals surface area contributed by atoms with Gasteiger partial charge in [-0.1, -0.05) is 62.4 Å². The topological polar surface area (TPSA) is 67.9 Å². The number of ether oxygens (including phenoxy) is 2. The number of methoxy groups -OCH3 is 2. The first-order chi connectivity index (χ1) is 19.0. The van der Waals surface area contributed by atoms with E-state index in [1.54, 1.807) is 18.9 Å². The monoisotopic (exact) mass is 554 g/mol. The van der Waals surface area contributed by atoms with Crippen molar-refractivity contribution in [3.63, 3.8) is 0 Å². The molecule has 1 saturated carbocycles. The van der Waals surface area contributed by atoms with Crippen molar-refractivity contribution in [3.8, 4) is 11.1 Å². The molecular weight excluding hydrogens is 508 g/mol. The van der Waals surface area contributed by atoms with Gasteiger partial charge in [-0.2, -0.15) is 11.8 Å². The SMILES string of the molecule is COCCN(CCC1CCCCC1)Cc1ccc(C(=O)N[C@@H](CCSC)C(=O)OC)c(-c2ccccc2C)c1. The molecule has 0 heterocycles. The van der Waals surface area contributed by atoms with E-state index in [1.807, 2.05) is 30.5 Å². The molecule has 0 saturated heterocycles. The van der Waals surface area contributed by atoms with Crippen LogP contribution in [-0.4, -0.2) is 68.7 Å². The van der Waals surface area contributed by atoms with Crippen molar-refractivity contribution in [1.82, 2.24) is 10.2 Å². The van der Waals surface area contributed by atoms with Gasteiger partial charge in [0.1, 0.15) is 6.04 Å². The van der Waals surface area contributed by atoms with E-state index in [1.165, 1.54) is 45.6 Å². The number of benzene rings is 2. The largest absolute Gasteiger partial charge is 0.467 e. The summed E-state index contributed by atoms with van der Waals surface area (Å²) < 4.78 is 10.4.